The third kappa shape index (κ3) is 5.55. The van der Waals surface area contributed by atoms with Crippen LogP contribution in [0.25, 0.3) is 17.1 Å². The van der Waals surface area contributed by atoms with E-state index in [1.165, 1.54) is 0 Å². The summed E-state index contributed by atoms with van der Waals surface area (Å²) in [6.07, 6.45) is -4.55. The van der Waals surface area contributed by atoms with E-state index in [9.17, 15) is 18.0 Å². The van der Waals surface area contributed by atoms with E-state index in [-0.39, 0.29) is 16.5 Å². The Labute approximate surface area is 206 Å². The van der Waals surface area contributed by atoms with E-state index in [0.29, 0.717) is 16.0 Å². The first-order valence-electron chi connectivity index (χ1n) is 9.78. The highest BCUT2D eigenvalue weighted by molar-refractivity contribution is 7.99. The maximum absolute atomic E-state index is 13.0. The molecule has 1 heterocycles. The van der Waals surface area contributed by atoms with Crippen LogP contribution in [0.4, 0.5) is 18.9 Å². The van der Waals surface area contributed by atoms with Crippen LogP contribution in [0.15, 0.2) is 78.0 Å². The summed E-state index contributed by atoms with van der Waals surface area (Å²) in [5, 5.41) is 11.9. The second-order valence-corrected chi connectivity index (χ2v) is 8.80. The molecule has 0 aliphatic rings. The highest BCUT2D eigenvalue weighted by atomic mass is 35.5. The van der Waals surface area contributed by atoms with Crippen LogP contribution in [0.2, 0.25) is 10.0 Å². The van der Waals surface area contributed by atoms with Gasteiger partial charge in [0.1, 0.15) is 0 Å². The van der Waals surface area contributed by atoms with Gasteiger partial charge in [-0.2, -0.15) is 13.2 Å². The molecule has 174 valence electrons. The maximum atomic E-state index is 13.0. The van der Waals surface area contributed by atoms with Crippen molar-refractivity contribution in [2.24, 2.45) is 0 Å². The number of anilines is 1. The zero-order valence-electron chi connectivity index (χ0n) is 17.2. The van der Waals surface area contributed by atoms with E-state index in [1.54, 1.807) is 22.8 Å². The lowest BCUT2D eigenvalue weighted by atomic mass is 10.2. The second kappa shape index (κ2) is 10.1. The molecule has 0 aliphatic carbocycles. The molecule has 4 aromatic rings. The van der Waals surface area contributed by atoms with Crippen LogP contribution < -0.4 is 5.32 Å². The summed E-state index contributed by atoms with van der Waals surface area (Å²) in [6, 6.07) is 19.2. The number of nitrogens with zero attached hydrogens (tertiary/aromatic N) is 3. The summed E-state index contributed by atoms with van der Waals surface area (Å²) in [5.41, 5.74) is 0.475. The lowest BCUT2D eigenvalue weighted by molar-refractivity contribution is -0.137. The van der Waals surface area contributed by atoms with Crippen molar-refractivity contribution < 1.29 is 18.0 Å². The van der Waals surface area contributed by atoms with Gasteiger partial charge in [-0.15, -0.1) is 10.2 Å². The molecular formula is C23H15Cl2F3N4OS. The highest BCUT2D eigenvalue weighted by Gasteiger charge is 2.31. The van der Waals surface area contributed by atoms with Gasteiger partial charge < -0.3 is 5.32 Å². The molecular weight excluding hydrogens is 508 g/mol. The third-order valence-electron chi connectivity index (χ3n) is 4.63. The molecule has 0 spiro atoms. The number of hydrogen-bond acceptors (Lipinski definition) is 4. The van der Waals surface area contributed by atoms with E-state index in [4.69, 9.17) is 23.2 Å². The first kappa shape index (κ1) is 24.1. The monoisotopic (exact) mass is 522 g/mol. The summed E-state index contributed by atoms with van der Waals surface area (Å²) in [6.45, 7) is 0. The van der Waals surface area contributed by atoms with Crippen LogP contribution in [-0.4, -0.2) is 26.4 Å². The third-order valence-corrected chi connectivity index (χ3v) is 6.12. The first-order valence-corrected chi connectivity index (χ1v) is 11.5. The molecule has 34 heavy (non-hydrogen) atoms. The summed E-state index contributed by atoms with van der Waals surface area (Å²) in [7, 11) is 0. The molecule has 0 fully saturated rings. The summed E-state index contributed by atoms with van der Waals surface area (Å²) < 4.78 is 40.8. The van der Waals surface area contributed by atoms with E-state index in [2.05, 4.69) is 15.5 Å². The van der Waals surface area contributed by atoms with Gasteiger partial charge >= 0.3 is 6.18 Å². The zero-order chi connectivity index (χ0) is 24.3. The number of para-hydroxylation sites is 1. The fourth-order valence-corrected chi connectivity index (χ4v) is 4.21. The molecule has 0 saturated carbocycles. The quantitative estimate of drug-likeness (QED) is 0.277. The standard InChI is InChI=1S/C23H15Cl2F3N4OS/c24-16-6-4-5-14(11-16)21-30-31-22(32(21)17-7-2-1-3-8-17)34-13-20(33)29-19-12-15(23(26,27)28)9-10-18(19)25/h1-12H,13H2,(H,29,33). The number of nitrogens with one attached hydrogen (secondary N) is 1. The summed E-state index contributed by atoms with van der Waals surface area (Å²) >= 11 is 13.2. The molecule has 0 radical (unpaired) electrons. The Hall–Kier alpha value is -3.01. The molecule has 0 bridgehead atoms. The number of amides is 1. The van der Waals surface area contributed by atoms with Gasteiger partial charge in [-0.05, 0) is 42.5 Å². The number of carbonyl (C=O) groups is 1. The molecule has 3 aromatic carbocycles. The van der Waals surface area contributed by atoms with Crippen LogP contribution in [0.1, 0.15) is 5.56 Å². The van der Waals surface area contributed by atoms with Gasteiger partial charge in [0.2, 0.25) is 5.91 Å². The van der Waals surface area contributed by atoms with Gasteiger partial charge in [0.05, 0.1) is 22.0 Å². The topological polar surface area (TPSA) is 59.8 Å². The predicted octanol–water partition coefficient (Wildman–Crippen LogP) is 6.99. The minimum atomic E-state index is -4.55. The SMILES string of the molecule is O=C(CSc1nnc(-c2cccc(Cl)c2)n1-c1ccccc1)Nc1cc(C(F)(F)F)ccc1Cl. The number of aromatic nitrogens is 3. The molecule has 0 atom stereocenters. The molecule has 0 unspecified atom stereocenters. The van der Waals surface area contributed by atoms with Crippen molar-refractivity contribution in [3.05, 3.63) is 88.4 Å². The first-order chi connectivity index (χ1) is 16.2. The van der Waals surface area contributed by atoms with Crippen molar-refractivity contribution in [3.63, 3.8) is 0 Å². The molecule has 0 aliphatic heterocycles. The van der Waals surface area contributed by atoms with Gasteiger partial charge in [0, 0.05) is 16.3 Å². The Kier molecular flexibility index (Phi) is 7.16. The van der Waals surface area contributed by atoms with Crippen LogP contribution in [0.5, 0.6) is 0 Å². The molecule has 0 saturated heterocycles. The smallest absolute Gasteiger partial charge is 0.324 e. The number of benzene rings is 3. The number of carbonyl (C=O) groups excluding carboxylic acids is 1. The normalized spacial score (nSPS) is 11.4. The van der Waals surface area contributed by atoms with E-state index in [0.717, 1.165) is 41.2 Å². The number of hydrogen-bond donors (Lipinski definition) is 1. The summed E-state index contributed by atoms with van der Waals surface area (Å²) in [5.74, 6) is -0.150. The van der Waals surface area contributed by atoms with E-state index in [1.807, 2.05) is 36.4 Å². The van der Waals surface area contributed by atoms with Gasteiger partial charge in [0.15, 0.2) is 11.0 Å². The minimum Gasteiger partial charge on any atom is -0.324 e. The molecule has 4 rings (SSSR count). The Morgan fingerprint density at radius 3 is 2.44 bits per heavy atom. The number of alkyl halides is 3. The van der Waals surface area contributed by atoms with Crippen molar-refractivity contribution in [1.82, 2.24) is 14.8 Å². The summed E-state index contributed by atoms with van der Waals surface area (Å²) in [4.78, 5) is 12.5. The van der Waals surface area contributed by atoms with Crippen LogP contribution in [0, 0.1) is 0 Å². The van der Waals surface area contributed by atoms with Gasteiger partial charge in [-0.25, -0.2) is 0 Å². The van der Waals surface area contributed by atoms with Crippen molar-refractivity contribution in [2.45, 2.75) is 11.3 Å². The highest BCUT2D eigenvalue weighted by Crippen LogP contribution is 2.34. The molecule has 11 heteroatoms. The Morgan fingerprint density at radius 1 is 0.971 bits per heavy atom. The maximum Gasteiger partial charge on any atom is 0.416 e. The molecule has 5 nitrogen and oxygen atoms in total. The zero-order valence-corrected chi connectivity index (χ0v) is 19.5. The molecule has 1 amide bonds. The second-order valence-electron chi connectivity index (χ2n) is 7.02. The van der Waals surface area contributed by atoms with Crippen molar-refractivity contribution in [3.8, 4) is 17.1 Å². The average molecular weight is 523 g/mol. The largest absolute Gasteiger partial charge is 0.416 e. The minimum absolute atomic E-state index is 0.00189. The molecule has 1 aromatic heterocycles. The predicted molar refractivity (Wildman–Crippen MR) is 128 cm³/mol. The van der Waals surface area contributed by atoms with Gasteiger partial charge in [0.25, 0.3) is 0 Å². The lowest BCUT2D eigenvalue weighted by Gasteiger charge is -2.12. The van der Waals surface area contributed by atoms with Crippen molar-refractivity contribution in [2.75, 3.05) is 11.1 Å². The Morgan fingerprint density at radius 2 is 1.74 bits per heavy atom. The van der Waals surface area contributed by atoms with E-state index < -0.39 is 17.6 Å². The lowest BCUT2D eigenvalue weighted by Crippen LogP contribution is -2.16. The fourth-order valence-electron chi connectivity index (χ4n) is 3.10. The van der Waals surface area contributed by atoms with Crippen LogP contribution >= 0.6 is 35.0 Å². The average Bonchev–Trinajstić information content (AvgIpc) is 3.23. The van der Waals surface area contributed by atoms with Gasteiger partial charge in [-0.1, -0.05) is 65.3 Å². The Balaban J connectivity index is 1.57. The fraction of sp³-hybridized carbons (Fsp3) is 0.0870. The van der Waals surface area contributed by atoms with E-state index >= 15 is 0 Å². The van der Waals surface area contributed by atoms with Gasteiger partial charge in [-0.3, -0.25) is 9.36 Å². The number of halogens is 5. The number of rotatable bonds is 6. The number of thioether (sulfide) groups is 1. The Bertz CT molecular complexity index is 1330. The van der Waals surface area contributed by atoms with Crippen molar-refractivity contribution >= 4 is 46.6 Å². The van der Waals surface area contributed by atoms with Crippen LogP contribution in [-0.2, 0) is 11.0 Å². The van der Waals surface area contributed by atoms with Crippen LogP contribution in [0.3, 0.4) is 0 Å². The molecule has 1 N–H and O–H groups in total. The van der Waals surface area contributed by atoms with Crippen molar-refractivity contribution in [1.29, 1.82) is 0 Å².